The first kappa shape index (κ1) is 24.1. The summed E-state index contributed by atoms with van der Waals surface area (Å²) in [7, 11) is 0. The lowest BCUT2D eigenvalue weighted by Crippen LogP contribution is -2.55. The highest BCUT2D eigenvalue weighted by Crippen LogP contribution is 2.43. The Kier molecular flexibility index (Phi) is 7.52. The van der Waals surface area contributed by atoms with Gasteiger partial charge in [0.1, 0.15) is 18.2 Å². The van der Waals surface area contributed by atoms with E-state index in [0.29, 0.717) is 13.0 Å². The maximum Gasteiger partial charge on any atom is 0.411 e. The van der Waals surface area contributed by atoms with E-state index in [-0.39, 0.29) is 30.0 Å². The molecule has 1 N–H and O–H groups in total. The highest BCUT2D eigenvalue weighted by Gasteiger charge is 2.52. The number of likely N-dealkylation sites (tertiary alicyclic amines) is 1. The van der Waals surface area contributed by atoms with Crippen molar-refractivity contribution in [1.29, 1.82) is 0 Å². The van der Waals surface area contributed by atoms with E-state index in [0.717, 1.165) is 36.2 Å². The molecule has 1 heterocycles. The summed E-state index contributed by atoms with van der Waals surface area (Å²) >= 11 is 0. The van der Waals surface area contributed by atoms with Crippen LogP contribution >= 0.6 is 0 Å². The third kappa shape index (κ3) is 6.05. The van der Waals surface area contributed by atoms with Crippen LogP contribution in [0.15, 0.2) is 41.7 Å². The average molecular weight is 443 g/mol. The SMILES string of the molecule is CC(CC(C)NC(=O)C1C2CCC(C2)N1C(=O)OC(C)(C)C)=C(C)OCc1ccccc1. The Labute approximate surface area is 192 Å². The molecule has 2 fully saturated rings. The van der Waals surface area contributed by atoms with Gasteiger partial charge in [-0.05, 0) is 84.3 Å². The minimum Gasteiger partial charge on any atom is -0.494 e. The Bertz CT molecular complexity index is 843. The molecule has 4 atom stereocenters. The summed E-state index contributed by atoms with van der Waals surface area (Å²) in [5.74, 6) is 1.02. The predicted molar refractivity (Wildman–Crippen MR) is 125 cm³/mol. The van der Waals surface area contributed by atoms with Crippen molar-refractivity contribution in [3.05, 3.63) is 47.2 Å². The number of nitrogens with one attached hydrogen (secondary N) is 1. The van der Waals surface area contributed by atoms with Gasteiger partial charge in [0.15, 0.2) is 0 Å². The fourth-order valence-corrected chi connectivity index (χ4v) is 4.77. The number of carbonyl (C=O) groups is 2. The number of hydrogen-bond donors (Lipinski definition) is 1. The summed E-state index contributed by atoms with van der Waals surface area (Å²) in [5, 5.41) is 3.14. The number of fused-ring (bicyclic) bond motifs is 2. The first-order valence-electron chi connectivity index (χ1n) is 11.7. The van der Waals surface area contributed by atoms with Crippen LogP contribution in [0.1, 0.15) is 72.8 Å². The summed E-state index contributed by atoms with van der Waals surface area (Å²) < 4.78 is 11.5. The van der Waals surface area contributed by atoms with Crippen LogP contribution in [0.3, 0.4) is 0 Å². The monoisotopic (exact) mass is 442 g/mol. The van der Waals surface area contributed by atoms with Crippen LogP contribution in [-0.4, -0.2) is 40.6 Å². The molecule has 1 aliphatic carbocycles. The van der Waals surface area contributed by atoms with Gasteiger partial charge >= 0.3 is 6.09 Å². The van der Waals surface area contributed by atoms with Crippen LogP contribution in [0.2, 0.25) is 0 Å². The summed E-state index contributed by atoms with van der Waals surface area (Å²) in [4.78, 5) is 27.7. The normalized spacial score (nSPS) is 24.1. The highest BCUT2D eigenvalue weighted by atomic mass is 16.6. The Balaban J connectivity index is 1.57. The molecule has 0 spiro atoms. The van der Waals surface area contributed by atoms with Crippen LogP contribution in [-0.2, 0) is 20.9 Å². The number of rotatable bonds is 7. The molecule has 1 saturated carbocycles. The summed E-state index contributed by atoms with van der Waals surface area (Å²) in [6.45, 7) is 12.1. The standard InChI is InChI=1S/C26H38N2O4/c1-17(19(3)31-16-20-10-8-7-9-11-20)14-18(2)27-24(29)23-21-12-13-22(15-21)28(23)25(30)32-26(4,5)6/h7-11,18,21-23H,12-16H2,1-6H3,(H,27,29). The number of hydrogen-bond acceptors (Lipinski definition) is 4. The van der Waals surface area contributed by atoms with E-state index < -0.39 is 11.6 Å². The van der Waals surface area contributed by atoms with Crippen molar-refractivity contribution >= 4 is 12.0 Å². The molecule has 32 heavy (non-hydrogen) atoms. The lowest BCUT2D eigenvalue weighted by atomic mass is 9.97. The lowest BCUT2D eigenvalue weighted by molar-refractivity contribution is -0.128. The van der Waals surface area contributed by atoms with Crippen molar-refractivity contribution in [3.8, 4) is 0 Å². The quantitative estimate of drug-likeness (QED) is 0.591. The Morgan fingerprint density at radius 3 is 2.50 bits per heavy atom. The smallest absolute Gasteiger partial charge is 0.411 e. The van der Waals surface area contributed by atoms with E-state index in [1.807, 2.05) is 71.9 Å². The van der Waals surface area contributed by atoms with Gasteiger partial charge in [-0.2, -0.15) is 0 Å². The molecular weight excluding hydrogens is 404 g/mol. The van der Waals surface area contributed by atoms with Gasteiger partial charge in [-0.3, -0.25) is 9.69 Å². The fourth-order valence-electron chi connectivity index (χ4n) is 4.77. The lowest BCUT2D eigenvalue weighted by Gasteiger charge is -2.36. The topological polar surface area (TPSA) is 67.9 Å². The number of ether oxygens (including phenoxy) is 2. The van der Waals surface area contributed by atoms with Gasteiger partial charge < -0.3 is 14.8 Å². The fraction of sp³-hybridized carbons (Fsp3) is 0.615. The second-order valence-corrected chi connectivity index (χ2v) is 10.3. The van der Waals surface area contributed by atoms with Crippen molar-refractivity contribution < 1.29 is 19.1 Å². The molecule has 1 aromatic carbocycles. The van der Waals surface area contributed by atoms with Crippen LogP contribution in [0.4, 0.5) is 4.79 Å². The van der Waals surface area contributed by atoms with E-state index in [4.69, 9.17) is 9.47 Å². The first-order chi connectivity index (χ1) is 15.0. The zero-order valence-electron chi connectivity index (χ0n) is 20.3. The summed E-state index contributed by atoms with van der Waals surface area (Å²) in [6, 6.07) is 9.67. The Morgan fingerprint density at radius 2 is 1.84 bits per heavy atom. The number of allylic oxidation sites excluding steroid dienone is 1. The molecule has 2 aliphatic rings. The van der Waals surface area contributed by atoms with Gasteiger partial charge in [0.25, 0.3) is 0 Å². The third-order valence-electron chi connectivity index (χ3n) is 6.36. The van der Waals surface area contributed by atoms with Crippen LogP contribution < -0.4 is 5.32 Å². The van der Waals surface area contributed by atoms with Gasteiger partial charge in [0.05, 0.1) is 5.76 Å². The number of nitrogens with zero attached hydrogens (tertiary/aromatic N) is 1. The average Bonchev–Trinajstić information content (AvgIpc) is 3.33. The molecule has 1 saturated heterocycles. The van der Waals surface area contributed by atoms with Crippen LogP contribution in [0.25, 0.3) is 0 Å². The number of piperidine rings is 1. The number of amides is 2. The molecule has 2 amide bonds. The van der Waals surface area contributed by atoms with Crippen molar-refractivity contribution in [2.24, 2.45) is 5.92 Å². The summed E-state index contributed by atoms with van der Waals surface area (Å²) in [6.07, 6.45) is 3.14. The third-order valence-corrected chi connectivity index (χ3v) is 6.36. The molecule has 3 rings (SSSR count). The van der Waals surface area contributed by atoms with Crippen LogP contribution in [0.5, 0.6) is 0 Å². The first-order valence-corrected chi connectivity index (χ1v) is 11.7. The Morgan fingerprint density at radius 1 is 1.16 bits per heavy atom. The van der Waals surface area contributed by atoms with E-state index >= 15 is 0 Å². The van der Waals surface area contributed by atoms with Gasteiger partial charge in [-0.15, -0.1) is 0 Å². The minimum atomic E-state index is -0.577. The zero-order valence-corrected chi connectivity index (χ0v) is 20.3. The van der Waals surface area contributed by atoms with Crippen molar-refractivity contribution in [2.45, 2.75) is 97.6 Å². The molecule has 1 aromatic rings. The second kappa shape index (κ2) is 9.97. The number of carbonyl (C=O) groups excluding carboxylic acids is 2. The zero-order chi connectivity index (χ0) is 23.5. The second-order valence-electron chi connectivity index (χ2n) is 10.3. The molecule has 176 valence electrons. The maximum atomic E-state index is 13.2. The molecule has 6 heteroatoms. The van der Waals surface area contributed by atoms with Crippen molar-refractivity contribution in [1.82, 2.24) is 10.2 Å². The van der Waals surface area contributed by atoms with Gasteiger partial charge in [0.2, 0.25) is 5.91 Å². The van der Waals surface area contributed by atoms with Crippen LogP contribution in [0, 0.1) is 5.92 Å². The molecule has 0 radical (unpaired) electrons. The number of benzene rings is 1. The molecule has 4 unspecified atom stereocenters. The Hall–Kier alpha value is -2.50. The largest absolute Gasteiger partial charge is 0.494 e. The predicted octanol–water partition coefficient (Wildman–Crippen LogP) is 5.18. The van der Waals surface area contributed by atoms with Gasteiger partial charge in [-0.25, -0.2) is 4.79 Å². The van der Waals surface area contributed by atoms with E-state index in [1.165, 1.54) is 0 Å². The molecule has 6 nitrogen and oxygen atoms in total. The highest BCUT2D eigenvalue weighted by molar-refractivity contribution is 5.87. The van der Waals surface area contributed by atoms with E-state index in [2.05, 4.69) is 5.32 Å². The van der Waals surface area contributed by atoms with E-state index in [1.54, 1.807) is 4.90 Å². The van der Waals surface area contributed by atoms with Gasteiger partial charge in [-0.1, -0.05) is 30.3 Å². The molecular formula is C26H38N2O4. The summed E-state index contributed by atoms with van der Waals surface area (Å²) in [5.41, 5.74) is 1.65. The maximum absolute atomic E-state index is 13.2. The minimum absolute atomic E-state index is 0.0580. The van der Waals surface area contributed by atoms with Gasteiger partial charge in [0, 0.05) is 12.1 Å². The molecule has 1 aliphatic heterocycles. The molecule has 0 aromatic heterocycles. The van der Waals surface area contributed by atoms with Crippen molar-refractivity contribution in [3.63, 3.8) is 0 Å². The molecule has 2 bridgehead atoms. The van der Waals surface area contributed by atoms with Crippen molar-refractivity contribution in [2.75, 3.05) is 0 Å². The van der Waals surface area contributed by atoms with E-state index in [9.17, 15) is 9.59 Å².